The first-order valence-corrected chi connectivity index (χ1v) is 18.6. The molecule has 2 saturated carbocycles. The van der Waals surface area contributed by atoms with Crippen LogP contribution in [0.2, 0.25) is 0 Å². The monoisotopic (exact) mass is 999 g/mol. The molecule has 0 saturated heterocycles. The van der Waals surface area contributed by atoms with Crippen molar-refractivity contribution in [3.05, 3.63) is 148 Å². The molecule has 0 spiro atoms. The number of nitrogens with zero attached hydrogens (tertiary/aromatic N) is 3. The van der Waals surface area contributed by atoms with Gasteiger partial charge in [0.15, 0.2) is 11.7 Å². The number of hydrogen-bond acceptors (Lipinski definition) is 6. The van der Waals surface area contributed by atoms with Crippen LogP contribution in [0.5, 0.6) is 0 Å². The zero-order valence-electron chi connectivity index (χ0n) is 31.4. The molecule has 0 bridgehead atoms. The number of halogens is 4. The molecule has 2 aliphatic carbocycles. The fourth-order valence-electron chi connectivity index (χ4n) is 6.95. The molecule has 0 atom stereocenters. The molecular formula is C44H48AcF4N4O4. The summed E-state index contributed by atoms with van der Waals surface area (Å²) < 4.78 is 59.7. The topological polar surface area (TPSA) is 135 Å². The Morgan fingerprint density at radius 2 is 1.18 bits per heavy atom. The Balaban J connectivity index is 0.000000381. The van der Waals surface area contributed by atoms with Gasteiger partial charge in [0.1, 0.15) is 34.4 Å². The Labute approximate surface area is 368 Å². The first-order chi connectivity index (χ1) is 26.7. The van der Waals surface area contributed by atoms with E-state index in [1.54, 1.807) is 12.2 Å². The third-order valence-corrected chi connectivity index (χ3v) is 9.92. The van der Waals surface area contributed by atoms with Crippen LogP contribution in [0.1, 0.15) is 117 Å². The molecule has 2 fully saturated rings. The largest absolute Gasteiger partial charge is 0.412 e. The van der Waals surface area contributed by atoms with Crippen LogP contribution in [-0.2, 0) is 4.84 Å². The summed E-state index contributed by atoms with van der Waals surface area (Å²) in [6.07, 6.45) is 19.6. The van der Waals surface area contributed by atoms with Crippen LogP contribution < -0.4 is 5.73 Å². The van der Waals surface area contributed by atoms with Gasteiger partial charge in [-0.2, -0.15) is 4.98 Å². The van der Waals surface area contributed by atoms with Gasteiger partial charge in [0.2, 0.25) is 0 Å². The van der Waals surface area contributed by atoms with E-state index in [1.807, 2.05) is 18.2 Å². The van der Waals surface area contributed by atoms with Gasteiger partial charge < -0.3 is 20.6 Å². The molecular weight excluding hydrogens is 952 g/mol. The molecule has 2 aliphatic rings. The number of aromatic nitrogens is 2. The number of amidine groups is 1. The van der Waals surface area contributed by atoms with E-state index in [0.717, 1.165) is 41.5 Å². The summed E-state index contributed by atoms with van der Waals surface area (Å²) in [5.74, 6) is -3.43. The van der Waals surface area contributed by atoms with Crippen molar-refractivity contribution in [1.82, 2.24) is 10.1 Å². The molecule has 1 aromatic heterocycles. The van der Waals surface area contributed by atoms with E-state index in [-0.39, 0.29) is 75.5 Å². The van der Waals surface area contributed by atoms with Crippen molar-refractivity contribution < 1.29 is 84.1 Å². The Hall–Kier alpha value is -4.44. The van der Waals surface area contributed by atoms with Crippen molar-refractivity contribution >= 4 is 30.0 Å². The minimum Gasteiger partial charge on any atom is -0.412 e. The van der Waals surface area contributed by atoms with E-state index in [9.17, 15) is 22.4 Å². The number of nitrogens with two attached hydrogens (primary N) is 1. The van der Waals surface area contributed by atoms with Crippen molar-refractivity contribution in [2.24, 2.45) is 10.9 Å². The second kappa shape index (κ2) is 22.5. The van der Waals surface area contributed by atoms with Crippen molar-refractivity contribution in [3.63, 3.8) is 0 Å². The maximum atomic E-state index is 13.8. The quantitative estimate of drug-likeness (QED) is 0.0514. The predicted molar refractivity (Wildman–Crippen MR) is 213 cm³/mol. The van der Waals surface area contributed by atoms with Crippen LogP contribution in [-0.4, -0.2) is 27.4 Å². The van der Waals surface area contributed by atoms with Crippen LogP contribution in [0.3, 0.4) is 0 Å². The number of hydrogen-bond donors (Lipinski definition) is 1. The van der Waals surface area contributed by atoms with Crippen molar-refractivity contribution in [3.8, 4) is 11.5 Å². The van der Waals surface area contributed by atoms with E-state index in [0.29, 0.717) is 11.8 Å². The third kappa shape index (κ3) is 12.8. The van der Waals surface area contributed by atoms with E-state index in [1.165, 1.54) is 87.5 Å². The fraction of sp³-hybridized carbons (Fsp3) is 0.273. The van der Waals surface area contributed by atoms with Crippen molar-refractivity contribution in [1.29, 1.82) is 0 Å². The number of benzene rings is 4. The van der Waals surface area contributed by atoms with E-state index in [2.05, 4.69) is 56.5 Å². The predicted octanol–water partition coefficient (Wildman–Crippen LogP) is 11.1. The first-order valence-electron chi connectivity index (χ1n) is 18.6. The first kappa shape index (κ1) is 45.3. The molecule has 299 valence electrons. The van der Waals surface area contributed by atoms with Gasteiger partial charge in [0.05, 0.1) is 0 Å². The maximum absolute atomic E-state index is 13.8. The Morgan fingerprint density at radius 3 is 1.68 bits per heavy atom. The van der Waals surface area contributed by atoms with E-state index in [4.69, 9.17) is 10.3 Å². The molecule has 8 nitrogen and oxygen atoms in total. The smallest absolute Gasteiger partial charge is 0.371 e. The molecule has 5 aromatic rings. The minimum absolute atomic E-state index is 0. The summed E-state index contributed by atoms with van der Waals surface area (Å²) in [6.45, 7) is 0. The number of rotatable bonds is 9. The minimum atomic E-state index is -1.25. The standard InChI is InChI=1S/C22H22F2N2O2.C22H20F2N2O.Ac.H2O.2H2/c23-18-7-4-8-19(24)21(18)22(27)28-26-20(25)14-11-15-9-12-17(13-10-15)16-5-2-1-3-6-16;23-18-7-4-8-19(24)21(18)22-25-20(26-27-22)14-11-15-9-12-17(13-10-15)16-5-2-1-3-6-16;;;;/h4,7-14,16H,1-3,5-6H2,(H2,25,26);4,7-14,16H,1-3,5-6H2;;1H2;2*1H/b2*14-11+;;;;. The van der Waals surface area contributed by atoms with Crippen LogP contribution in [0, 0.1) is 67.3 Å². The number of carbonyl (C=O) groups is 1. The molecule has 0 amide bonds. The van der Waals surface area contributed by atoms with Gasteiger partial charge in [0.25, 0.3) is 5.89 Å². The average Bonchev–Trinajstić information content (AvgIpc) is 3.68. The Morgan fingerprint density at radius 1 is 0.702 bits per heavy atom. The van der Waals surface area contributed by atoms with E-state index >= 15 is 0 Å². The van der Waals surface area contributed by atoms with Gasteiger partial charge in [0, 0.05) is 46.9 Å². The summed E-state index contributed by atoms with van der Waals surface area (Å²) in [4.78, 5) is 20.4. The molecule has 1 heterocycles. The van der Waals surface area contributed by atoms with Crippen LogP contribution in [0.4, 0.5) is 17.6 Å². The summed E-state index contributed by atoms with van der Waals surface area (Å²) in [5.41, 5.74) is 9.23. The molecule has 0 aliphatic heterocycles. The SMILES string of the molecule is Fc1cccc(F)c1-c1nc(/C=C/c2ccc(C3CCCCC3)cc2)no1.NC(/C=C/c1ccc(C2CCCCC2)cc1)=N\OC(=O)c1c(F)cccc1F.O.[Ac].[HH].[HH]. The second-order valence-electron chi connectivity index (χ2n) is 13.7. The molecule has 0 unspecified atom stereocenters. The second-order valence-corrected chi connectivity index (χ2v) is 13.7. The zero-order chi connectivity index (χ0) is 38.6. The zero-order valence-corrected chi connectivity index (χ0v) is 36.1. The normalized spacial score (nSPS) is 15.1. The molecule has 4 aromatic carbocycles. The van der Waals surface area contributed by atoms with Crippen LogP contribution >= 0.6 is 0 Å². The number of oxime groups is 1. The molecule has 1 radical (unpaired) electrons. The summed E-state index contributed by atoms with van der Waals surface area (Å²) in [5, 5.41) is 7.19. The van der Waals surface area contributed by atoms with Crippen molar-refractivity contribution in [2.45, 2.75) is 76.0 Å². The molecule has 13 heteroatoms. The van der Waals surface area contributed by atoms with Crippen LogP contribution in [0.15, 0.2) is 101 Å². The summed E-state index contributed by atoms with van der Waals surface area (Å²) in [7, 11) is 0. The summed E-state index contributed by atoms with van der Waals surface area (Å²) in [6, 6.07) is 23.4. The van der Waals surface area contributed by atoms with Crippen molar-refractivity contribution in [2.75, 3.05) is 0 Å². The molecule has 57 heavy (non-hydrogen) atoms. The van der Waals surface area contributed by atoms with Crippen LogP contribution in [0.25, 0.3) is 29.7 Å². The van der Waals surface area contributed by atoms with Gasteiger partial charge in [-0.25, -0.2) is 22.4 Å². The summed E-state index contributed by atoms with van der Waals surface area (Å²) >= 11 is 0. The van der Waals surface area contributed by atoms with Gasteiger partial charge >= 0.3 is 5.97 Å². The van der Waals surface area contributed by atoms with Gasteiger partial charge in [-0.15, -0.1) is 0 Å². The molecule has 4 N–H and O–H groups in total. The fourth-order valence-corrected chi connectivity index (χ4v) is 6.95. The Bertz CT molecular complexity index is 2120. The van der Waals surface area contributed by atoms with Gasteiger partial charge in [-0.05, 0) is 96.2 Å². The van der Waals surface area contributed by atoms with Gasteiger partial charge in [-0.3, -0.25) is 0 Å². The van der Waals surface area contributed by atoms with Gasteiger partial charge in [-0.1, -0.05) is 122 Å². The Kier molecular flexibility index (Phi) is 17.9. The maximum Gasteiger partial charge on any atom is 0.371 e. The number of carbonyl (C=O) groups excluding carboxylic acids is 1. The molecule has 7 rings (SSSR count). The van der Waals surface area contributed by atoms with E-state index < -0.39 is 34.8 Å². The third-order valence-electron chi connectivity index (χ3n) is 9.92. The average molecular weight is 1000 g/mol.